The second-order valence-corrected chi connectivity index (χ2v) is 32.9. The molecular formula is C82H96O23Si. The summed E-state index contributed by atoms with van der Waals surface area (Å²) in [6.07, 6.45) is -27.0. The van der Waals surface area contributed by atoms with Crippen LogP contribution in [0, 0.1) is 0 Å². The quantitative estimate of drug-likeness (QED) is 0.0215. The Morgan fingerprint density at radius 1 is 0.387 bits per heavy atom. The fourth-order valence-corrected chi connectivity index (χ4v) is 13.2. The van der Waals surface area contributed by atoms with Crippen LogP contribution in [0.1, 0.15) is 71.4 Å². The van der Waals surface area contributed by atoms with E-state index in [-0.39, 0.29) is 65.0 Å². The molecule has 0 saturated carbocycles. The van der Waals surface area contributed by atoms with Crippen molar-refractivity contribution in [2.24, 2.45) is 0 Å². The van der Waals surface area contributed by atoms with E-state index in [0.29, 0.717) is 11.6 Å². The van der Waals surface area contributed by atoms with Gasteiger partial charge in [0.1, 0.15) is 67.6 Å². The van der Waals surface area contributed by atoms with Crippen LogP contribution < -0.4 is 0 Å². The Hall–Kier alpha value is -8.41. The Labute approximate surface area is 619 Å². The van der Waals surface area contributed by atoms with Crippen molar-refractivity contribution < 1.29 is 110 Å². The van der Waals surface area contributed by atoms with E-state index in [1.165, 1.54) is 0 Å². The normalized spacial score (nSPS) is 25.1. The van der Waals surface area contributed by atoms with E-state index in [4.69, 9.17) is 80.5 Å². The lowest BCUT2D eigenvalue weighted by molar-refractivity contribution is -0.397. The summed E-state index contributed by atoms with van der Waals surface area (Å²) in [4.78, 5) is 68.5. The lowest BCUT2D eigenvalue weighted by atomic mass is 9.92. The molecule has 0 aliphatic carbocycles. The number of carbonyl (C=O) groups is 5. The molecule has 3 aliphatic heterocycles. The zero-order valence-corrected chi connectivity index (χ0v) is 61.7. The van der Waals surface area contributed by atoms with Crippen LogP contribution in [0.4, 0.5) is 0 Å². The van der Waals surface area contributed by atoms with Crippen molar-refractivity contribution in [1.29, 1.82) is 0 Å². The summed E-state index contributed by atoms with van der Waals surface area (Å²) in [6, 6.07) is 65.3. The van der Waals surface area contributed by atoms with Gasteiger partial charge >= 0.3 is 29.8 Å². The molecule has 17 atom stereocenters. The summed E-state index contributed by atoms with van der Waals surface area (Å²) in [5.41, 5.74) is 4.81. The van der Waals surface area contributed by atoms with Gasteiger partial charge in [0.2, 0.25) is 0 Å². The minimum Gasteiger partial charge on any atom is -0.463 e. The average molecular weight is 1480 g/mol. The lowest BCUT2D eigenvalue weighted by Crippen LogP contribution is -2.70. The first kappa shape index (κ1) is 80.1. The first-order chi connectivity index (χ1) is 51.3. The van der Waals surface area contributed by atoms with Crippen LogP contribution in [0.2, 0.25) is 25.7 Å². The topological polar surface area (TPSA) is 262 Å². The molecule has 0 unspecified atom stereocenters. The lowest BCUT2D eigenvalue weighted by Gasteiger charge is -2.52. The zero-order chi connectivity index (χ0) is 74.8. The Morgan fingerprint density at radius 3 is 1.22 bits per heavy atom. The number of rotatable bonds is 37. The molecular weight excluding hydrogens is 1380 g/mol. The highest BCUT2D eigenvalue weighted by Gasteiger charge is 2.61. The molecule has 10 rings (SSSR count). The van der Waals surface area contributed by atoms with Crippen LogP contribution in [0.5, 0.6) is 0 Å². The molecule has 0 amide bonds. The van der Waals surface area contributed by atoms with Crippen molar-refractivity contribution in [3.63, 3.8) is 0 Å². The molecule has 24 heteroatoms. The molecule has 3 heterocycles. The van der Waals surface area contributed by atoms with Crippen molar-refractivity contribution in [2.75, 3.05) is 26.4 Å². The minimum atomic E-state index is -1.97. The van der Waals surface area contributed by atoms with Gasteiger partial charge in [-0.1, -0.05) is 220 Å². The van der Waals surface area contributed by atoms with E-state index < -0.39 is 149 Å². The molecule has 0 aromatic heterocycles. The Bertz CT molecular complexity index is 3770. The summed E-state index contributed by atoms with van der Waals surface area (Å²) in [5.74, 6) is -4.34. The van der Waals surface area contributed by atoms with Gasteiger partial charge in [-0.15, -0.1) is 0 Å². The number of hydrogen-bond acceptors (Lipinski definition) is 23. The first-order valence-corrected chi connectivity index (χ1v) is 39.4. The summed E-state index contributed by atoms with van der Waals surface area (Å²) in [6.45, 7) is 10.1. The Balaban J connectivity index is 1.20. The van der Waals surface area contributed by atoms with E-state index in [0.717, 1.165) is 55.5 Å². The van der Waals surface area contributed by atoms with Gasteiger partial charge in [-0.2, -0.15) is 0 Å². The smallest absolute Gasteiger partial charge is 0.338 e. The van der Waals surface area contributed by atoms with Crippen LogP contribution in [0.15, 0.2) is 212 Å². The van der Waals surface area contributed by atoms with E-state index >= 15 is 4.79 Å². The Kier molecular flexibility index (Phi) is 30.6. The molecule has 566 valence electrons. The largest absolute Gasteiger partial charge is 0.463 e. The SMILES string of the molecule is CC(=O)OC[C@H]1O[C@@H](O[C@H]2[C@H](O[C@@H]3O[C@H]([C@H](COCc4ccccc4)OCc4ccccc4)[C@@H](OCc4ccccc4)[C@H](O)[C@@H]3OCc3ccccc3)[C@H](OC(=O)c3ccccc3)[C@H](OCC[Si](C)(C)C)O[C@@H]2[C@H](COCc2ccccc2)OCc2ccccc2)[C@H](OC(C)=O)[C@@H](OC(C)=O)[C@@H]1OC(C)=O. The maximum Gasteiger partial charge on any atom is 0.338 e. The predicted molar refractivity (Wildman–Crippen MR) is 387 cm³/mol. The van der Waals surface area contributed by atoms with Crippen LogP contribution in [0.3, 0.4) is 0 Å². The van der Waals surface area contributed by atoms with Gasteiger partial charge in [0.25, 0.3) is 0 Å². The van der Waals surface area contributed by atoms with Crippen molar-refractivity contribution in [3.05, 3.63) is 251 Å². The molecule has 3 fully saturated rings. The molecule has 0 radical (unpaired) electrons. The second kappa shape index (κ2) is 40.5. The maximum absolute atomic E-state index is 15.3. The second-order valence-electron chi connectivity index (χ2n) is 27.3. The predicted octanol–water partition coefficient (Wildman–Crippen LogP) is 11.0. The number of carbonyl (C=O) groups excluding carboxylic acids is 5. The zero-order valence-electron chi connectivity index (χ0n) is 60.7. The van der Waals surface area contributed by atoms with Gasteiger partial charge in [0.15, 0.2) is 43.3 Å². The molecule has 0 bridgehead atoms. The van der Waals surface area contributed by atoms with Gasteiger partial charge in [-0.3, -0.25) is 19.2 Å². The molecule has 7 aromatic carbocycles. The number of hydrogen-bond donors (Lipinski definition) is 1. The molecule has 0 spiro atoms. The van der Waals surface area contributed by atoms with Crippen molar-refractivity contribution >= 4 is 37.9 Å². The highest BCUT2D eigenvalue weighted by Crippen LogP contribution is 2.41. The van der Waals surface area contributed by atoms with Gasteiger partial charge in [-0.25, -0.2) is 4.79 Å². The van der Waals surface area contributed by atoms with E-state index in [2.05, 4.69) is 19.6 Å². The highest BCUT2D eigenvalue weighted by atomic mass is 28.3. The van der Waals surface area contributed by atoms with Crippen molar-refractivity contribution in [1.82, 2.24) is 0 Å². The number of esters is 5. The van der Waals surface area contributed by atoms with Gasteiger partial charge in [0.05, 0.1) is 58.4 Å². The summed E-state index contributed by atoms with van der Waals surface area (Å²) in [7, 11) is -1.97. The molecule has 3 aliphatic rings. The molecule has 23 nitrogen and oxygen atoms in total. The number of aliphatic hydroxyl groups is 1. The van der Waals surface area contributed by atoms with Gasteiger partial charge < -0.3 is 85.6 Å². The fraction of sp³-hybridized carbons (Fsp3) is 0.427. The summed E-state index contributed by atoms with van der Waals surface area (Å²) < 4.78 is 115. The number of ether oxygens (including phenoxy) is 17. The average Bonchev–Trinajstić information content (AvgIpc) is 0.754. The van der Waals surface area contributed by atoms with Crippen LogP contribution >= 0.6 is 0 Å². The Morgan fingerprint density at radius 2 is 0.764 bits per heavy atom. The summed E-state index contributed by atoms with van der Waals surface area (Å²) >= 11 is 0. The maximum atomic E-state index is 15.3. The van der Waals surface area contributed by atoms with Crippen molar-refractivity contribution in [3.8, 4) is 0 Å². The third-order valence-corrected chi connectivity index (χ3v) is 19.4. The number of aliphatic hydroxyl groups excluding tert-OH is 1. The third-order valence-electron chi connectivity index (χ3n) is 17.7. The summed E-state index contributed by atoms with van der Waals surface area (Å²) in [5, 5.41) is 13.7. The van der Waals surface area contributed by atoms with Gasteiger partial charge in [0, 0.05) is 42.4 Å². The first-order valence-electron chi connectivity index (χ1n) is 35.7. The van der Waals surface area contributed by atoms with E-state index in [1.54, 1.807) is 30.3 Å². The number of benzene rings is 7. The molecule has 3 saturated heterocycles. The van der Waals surface area contributed by atoms with Crippen LogP contribution in [-0.4, -0.2) is 174 Å². The van der Waals surface area contributed by atoms with Gasteiger partial charge in [-0.05, 0) is 51.6 Å². The third kappa shape index (κ3) is 24.3. The molecule has 7 aromatic rings. The van der Waals surface area contributed by atoms with Crippen LogP contribution in [0.25, 0.3) is 0 Å². The molecule has 106 heavy (non-hydrogen) atoms. The van der Waals surface area contributed by atoms with E-state index in [9.17, 15) is 24.3 Å². The standard InChI is InChI=1S/C82H96O23Si/c1-54(83)92-53-67-71(97-55(2)84)75(98-56(3)85)78(99-57(4)86)82(100-67)104-74-70(66(94-48-61-35-21-11-22-36-61)52-90-46-59-31-17-9-18-32-59)102-80(91-43-44-106(5,6)7)77(101-79(88)64-41-27-14-28-42-64)76(74)105-81-73(96-50-63-39-25-13-26-40-63)68(87)72(95-49-62-37-23-12-24-38-62)69(103-81)65(93-47-60-33-19-10-20-34-60)51-89-45-58-29-15-8-16-30-58/h8-42,65-78,80-82,87H,43-53H2,1-7H3/t65-,66-,67+,68-,69+,70+,71+,72-,73-,74+,75-,76-,77-,78+,80+,81-,82-/m0/s1. The minimum absolute atomic E-state index is 0.0200. The van der Waals surface area contributed by atoms with Crippen molar-refractivity contribution in [2.45, 2.75) is 197 Å². The fourth-order valence-electron chi connectivity index (χ4n) is 12.5. The van der Waals surface area contributed by atoms with Crippen LogP contribution in [-0.2, 0) is 139 Å². The molecule has 1 N–H and O–H groups in total. The van der Waals surface area contributed by atoms with E-state index in [1.807, 2.05) is 182 Å². The highest BCUT2D eigenvalue weighted by molar-refractivity contribution is 6.76. The monoisotopic (exact) mass is 1480 g/mol.